The average Bonchev–Trinajstić information content (AvgIpc) is 2.30. The van der Waals surface area contributed by atoms with Crippen LogP contribution in [0.4, 0.5) is 0 Å². The first-order valence-corrected chi connectivity index (χ1v) is 4.32. The van der Waals surface area contributed by atoms with Crippen molar-refractivity contribution < 1.29 is 0 Å². The monoisotopic (exact) mass is 176 g/mol. The number of halogens is 1. The number of fused-ring (bicyclic) bond motifs is 2. The highest BCUT2D eigenvalue weighted by atomic mass is 35.5. The Hall–Kier alpha value is 0.210. The van der Waals surface area contributed by atoms with Crippen LogP contribution < -0.4 is 10.6 Å². The summed E-state index contributed by atoms with van der Waals surface area (Å²) < 4.78 is 0. The van der Waals surface area contributed by atoms with E-state index < -0.39 is 0 Å². The SMILES string of the molecule is CNC1CC2CCC(C1)N2.Cl. The third-order valence-electron chi connectivity index (χ3n) is 2.88. The molecule has 3 heteroatoms. The molecule has 2 rings (SSSR count). The molecule has 2 heterocycles. The van der Waals surface area contributed by atoms with Gasteiger partial charge in [-0.05, 0) is 32.7 Å². The van der Waals surface area contributed by atoms with Crippen LogP contribution in [-0.4, -0.2) is 25.2 Å². The summed E-state index contributed by atoms with van der Waals surface area (Å²) in [6.45, 7) is 0. The lowest BCUT2D eigenvalue weighted by molar-refractivity contribution is 0.331. The molecule has 2 nitrogen and oxygen atoms in total. The maximum atomic E-state index is 3.61. The zero-order valence-electron chi connectivity index (χ0n) is 6.97. The summed E-state index contributed by atoms with van der Waals surface area (Å²) in [6, 6.07) is 2.45. The van der Waals surface area contributed by atoms with Crippen molar-refractivity contribution in [2.75, 3.05) is 7.05 Å². The Balaban J connectivity index is 0.000000605. The summed E-state index contributed by atoms with van der Waals surface area (Å²) in [5, 5.41) is 6.98. The highest BCUT2D eigenvalue weighted by Gasteiger charge is 2.32. The average molecular weight is 177 g/mol. The van der Waals surface area contributed by atoms with Crippen molar-refractivity contribution in [2.24, 2.45) is 0 Å². The van der Waals surface area contributed by atoms with E-state index in [2.05, 4.69) is 17.7 Å². The van der Waals surface area contributed by atoms with Crippen LogP contribution in [-0.2, 0) is 0 Å². The second-order valence-electron chi connectivity index (χ2n) is 3.59. The van der Waals surface area contributed by atoms with Crippen molar-refractivity contribution in [3.63, 3.8) is 0 Å². The first kappa shape index (κ1) is 9.30. The van der Waals surface area contributed by atoms with E-state index in [1.165, 1.54) is 25.7 Å². The highest BCUT2D eigenvalue weighted by Crippen LogP contribution is 2.26. The summed E-state index contributed by atoms with van der Waals surface area (Å²) in [7, 11) is 2.08. The fourth-order valence-corrected chi connectivity index (χ4v) is 2.29. The van der Waals surface area contributed by atoms with Gasteiger partial charge in [-0.3, -0.25) is 0 Å². The lowest BCUT2D eigenvalue weighted by atomic mass is 10.0. The van der Waals surface area contributed by atoms with Gasteiger partial charge >= 0.3 is 0 Å². The summed E-state index contributed by atoms with van der Waals surface area (Å²) in [6.07, 6.45) is 5.49. The second-order valence-corrected chi connectivity index (χ2v) is 3.59. The minimum Gasteiger partial charge on any atom is -0.317 e. The van der Waals surface area contributed by atoms with Gasteiger partial charge in [0.05, 0.1) is 0 Å². The third-order valence-corrected chi connectivity index (χ3v) is 2.88. The van der Waals surface area contributed by atoms with E-state index in [1.54, 1.807) is 0 Å². The van der Waals surface area contributed by atoms with Gasteiger partial charge in [0.1, 0.15) is 0 Å². The molecular weight excluding hydrogens is 160 g/mol. The Bertz CT molecular complexity index is 117. The normalized spacial score (nSPS) is 41.7. The Kier molecular flexibility index (Phi) is 3.16. The molecule has 11 heavy (non-hydrogen) atoms. The number of hydrogen-bond donors (Lipinski definition) is 2. The molecule has 0 aliphatic carbocycles. The Morgan fingerprint density at radius 3 is 2.18 bits per heavy atom. The largest absolute Gasteiger partial charge is 0.317 e. The van der Waals surface area contributed by atoms with Crippen LogP contribution in [0.1, 0.15) is 25.7 Å². The molecule has 0 radical (unpaired) electrons. The topological polar surface area (TPSA) is 24.1 Å². The summed E-state index contributed by atoms with van der Waals surface area (Å²) >= 11 is 0. The third kappa shape index (κ3) is 1.86. The molecule has 2 N–H and O–H groups in total. The maximum absolute atomic E-state index is 3.61. The van der Waals surface area contributed by atoms with Crippen LogP contribution >= 0.6 is 12.4 Å². The Morgan fingerprint density at radius 1 is 1.18 bits per heavy atom. The Labute approximate surface area is 74.5 Å². The van der Waals surface area contributed by atoms with Crippen LogP contribution in [0.25, 0.3) is 0 Å². The highest BCUT2D eigenvalue weighted by molar-refractivity contribution is 5.85. The lowest BCUT2D eigenvalue weighted by Gasteiger charge is -2.28. The molecule has 2 aliphatic rings. The van der Waals surface area contributed by atoms with E-state index in [1.807, 2.05) is 0 Å². The Morgan fingerprint density at radius 2 is 1.73 bits per heavy atom. The lowest BCUT2D eigenvalue weighted by Crippen LogP contribution is -2.45. The van der Waals surface area contributed by atoms with E-state index in [0.29, 0.717) is 0 Å². The van der Waals surface area contributed by atoms with Crippen molar-refractivity contribution in [2.45, 2.75) is 43.8 Å². The minimum atomic E-state index is 0. The van der Waals surface area contributed by atoms with Crippen molar-refractivity contribution >= 4 is 12.4 Å². The van der Waals surface area contributed by atoms with Crippen LogP contribution in [0.2, 0.25) is 0 Å². The van der Waals surface area contributed by atoms with E-state index in [9.17, 15) is 0 Å². The quantitative estimate of drug-likeness (QED) is 0.621. The smallest absolute Gasteiger partial charge is 0.00936 e. The molecule has 2 bridgehead atoms. The van der Waals surface area contributed by atoms with E-state index in [0.717, 1.165) is 18.1 Å². The first-order valence-electron chi connectivity index (χ1n) is 4.32. The van der Waals surface area contributed by atoms with Gasteiger partial charge in [0.15, 0.2) is 0 Å². The molecule has 2 saturated heterocycles. The van der Waals surface area contributed by atoms with Crippen molar-refractivity contribution in [3.8, 4) is 0 Å². The van der Waals surface area contributed by atoms with Crippen LogP contribution in [0.5, 0.6) is 0 Å². The van der Waals surface area contributed by atoms with Gasteiger partial charge in [-0.1, -0.05) is 0 Å². The van der Waals surface area contributed by atoms with E-state index in [-0.39, 0.29) is 12.4 Å². The number of hydrogen-bond acceptors (Lipinski definition) is 2. The number of piperidine rings is 1. The molecule has 0 saturated carbocycles. The van der Waals surface area contributed by atoms with Crippen molar-refractivity contribution in [1.82, 2.24) is 10.6 Å². The van der Waals surface area contributed by atoms with Crippen molar-refractivity contribution in [3.05, 3.63) is 0 Å². The minimum absolute atomic E-state index is 0. The first-order chi connectivity index (χ1) is 4.88. The molecule has 2 fully saturated rings. The van der Waals surface area contributed by atoms with E-state index >= 15 is 0 Å². The zero-order valence-corrected chi connectivity index (χ0v) is 7.79. The summed E-state index contributed by atoms with van der Waals surface area (Å²) in [4.78, 5) is 0. The molecule has 2 aliphatic heterocycles. The van der Waals surface area contributed by atoms with Crippen LogP contribution in [0, 0.1) is 0 Å². The predicted molar refractivity (Wildman–Crippen MR) is 49.3 cm³/mol. The van der Waals surface area contributed by atoms with Gasteiger partial charge in [-0.15, -0.1) is 12.4 Å². The summed E-state index contributed by atoms with van der Waals surface area (Å²) in [5.41, 5.74) is 0. The fourth-order valence-electron chi connectivity index (χ4n) is 2.29. The molecular formula is C8H17ClN2. The van der Waals surface area contributed by atoms with Crippen molar-refractivity contribution in [1.29, 1.82) is 0 Å². The van der Waals surface area contributed by atoms with Gasteiger partial charge < -0.3 is 10.6 Å². The van der Waals surface area contributed by atoms with Crippen LogP contribution in [0.15, 0.2) is 0 Å². The molecule has 0 aromatic carbocycles. The molecule has 2 unspecified atom stereocenters. The number of rotatable bonds is 1. The van der Waals surface area contributed by atoms with E-state index in [4.69, 9.17) is 0 Å². The zero-order chi connectivity index (χ0) is 6.97. The molecule has 0 aromatic rings. The molecule has 0 spiro atoms. The fraction of sp³-hybridized carbons (Fsp3) is 1.00. The molecule has 0 amide bonds. The van der Waals surface area contributed by atoms with Crippen LogP contribution in [0.3, 0.4) is 0 Å². The van der Waals surface area contributed by atoms with Gasteiger partial charge in [0, 0.05) is 18.1 Å². The van der Waals surface area contributed by atoms with Gasteiger partial charge in [-0.25, -0.2) is 0 Å². The molecule has 66 valence electrons. The summed E-state index contributed by atoms with van der Waals surface area (Å²) in [5.74, 6) is 0. The molecule has 0 aromatic heterocycles. The maximum Gasteiger partial charge on any atom is 0.00936 e. The second kappa shape index (κ2) is 3.74. The number of nitrogens with one attached hydrogen (secondary N) is 2. The standard InChI is InChI=1S/C8H16N2.ClH/c1-9-8-4-6-2-3-7(5-8)10-6;/h6-10H,2-5H2,1H3;1H. The molecule has 2 atom stereocenters. The predicted octanol–water partition coefficient (Wildman–Crippen LogP) is 0.911. The van der Waals surface area contributed by atoms with Gasteiger partial charge in [0.2, 0.25) is 0 Å². The van der Waals surface area contributed by atoms with Gasteiger partial charge in [0.25, 0.3) is 0 Å². The van der Waals surface area contributed by atoms with Gasteiger partial charge in [-0.2, -0.15) is 0 Å².